The van der Waals surface area contributed by atoms with Gasteiger partial charge in [-0.15, -0.1) is 0 Å². The quantitative estimate of drug-likeness (QED) is 0.850. The summed E-state index contributed by atoms with van der Waals surface area (Å²) < 4.78 is 0. The number of carbonyl (C=O) groups is 1. The summed E-state index contributed by atoms with van der Waals surface area (Å²) in [7, 11) is 0. The van der Waals surface area contributed by atoms with Crippen molar-refractivity contribution in [2.45, 2.75) is 45.4 Å². The molecule has 0 saturated heterocycles. The van der Waals surface area contributed by atoms with E-state index in [9.17, 15) is 10.1 Å². The van der Waals surface area contributed by atoms with E-state index in [1.54, 1.807) is 0 Å². The molecule has 1 atom stereocenters. The lowest BCUT2D eigenvalue weighted by molar-refractivity contribution is -0.121. The van der Waals surface area contributed by atoms with E-state index < -0.39 is 0 Å². The molecule has 1 aromatic carbocycles. The molecule has 102 valence electrons. The second kappa shape index (κ2) is 7.58. The third-order valence-electron chi connectivity index (χ3n) is 3.12. The molecule has 0 aliphatic carbocycles. The molecule has 3 heteroatoms. The maximum absolute atomic E-state index is 11.7. The summed E-state index contributed by atoms with van der Waals surface area (Å²) in [6.07, 6.45) is 1.14. The van der Waals surface area contributed by atoms with Crippen LogP contribution in [-0.2, 0) is 4.79 Å². The van der Waals surface area contributed by atoms with Crippen LogP contribution >= 0.6 is 0 Å². The third kappa shape index (κ3) is 4.75. The molecule has 0 spiro atoms. The van der Waals surface area contributed by atoms with Gasteiger partial charge < -0.3 is 5.32 Å². The Morgan fingerprint density at radius 2 is 1.84 bits per heavy atom. The van der Waals surface area contributed by atoms with Gasteiger partial charge in [0.2, 0.25) is 5.91 Å². The summed E-state index contributed by atoms with van der Waals surface area (Å²) in [6, 6.07) is 10.2. The van der Waals surface area contributed by atoms with Gasteiger partial charge in [0.05, 0.1) is 12.0 Å². The summed E-state index contributed by atoms with van der Waals surface area (Å²) in [5.74, 6) is 0.0573. The Morgan fingerprint density at radius 1 is 1.26 bits per heavy atom. The molecule has 0 saturated carbocycles. The van der Waals surface area contributed by atoms with Crippen LogP contribution < -0.4 is 5.32 Å². The standard InChI is InChI=1S/C16H22N2O/c1-4-9-18-16(19)10-15(11-17)14-7-5-13(6-8-14)12(2)3/h5-8,12,15H,4,9-10H2,1-3H3,(H,18,19). The lowest BCUT2D eigenvalue weighted by Gasteiger charge is -2.11. The van der Waals surface area contributed by atoms with Gasteiger partial charge in [0.25, 0.3) is 0 Å². The van der Waals surface area contributed by atoms with E-state index in [1.165, 1.54) is 5.56 Å². The molecule has 19 heavy (non-hydrogen) atoms. The van der Waals surface area contributed by atoms with Crippen LogP contribution in [0.4, 0.5) is 0 Å². The number of rotatable bonds is 6. The van der Waals surface area contributed by atoms with Crippen molar-refractivity contribution in [3.63, 3.8) is 0 Å². The van der Waals surface area contributed by atoms with E-state index in [1.807, 2.05) is 31.2 Å². The first-order valence-corrected chi connectivity index (χ1v) is 6.84. The minimum atomic E-state index is -0.363. The molecule has 1 rings (SSSR count). The predicted molar refractivity (Wildman–Crippen MR) is 76.8 cm³/mol. The highest BCUT2D eigenvalue weighted by Gasteiger charge is 2.15. The van der Waals surface area contributed by atoms with Gasteiger partial charge in [-0.3, -0.25) is 4.79 Å². The maximum Gasteiger partial charge on any atom is 0.221 e. The molecule has 1 aromatic rings. The lowest BCUT2D eigenvalue weighted by atomic mass is 9.94. The van der Waals surface area contributed by atoms with E-state index in [0.29, 0.717) is 12.5 Å². The van der Waals surface area contributed by atoms with E-state index in [2.05, 4.69) is 25.2 Å². The van der Waals surface area contributed by atoms with E-state index >= 15 is 0 Å². The highest BCUT2D eigenvalue weighted by molar-refractivity contribution is 5.77. The van der Waals surface area contributed by atoms with Gasteiger partial charge >= 0.3 is 0 Å². The summed E-state index contributed by atoms with van der Waals surface area (Å²) in [6.45, 7) is 6.94. The number of benzene rings is 1. The summed E-state index contributed by atoms with van der Waals surface area (Å²) >= 11 is 0. The van der Waals surface area contributed by atoms with Gasteiger partial charge in [0, 0.05) is 13.0 Å². The molecule has 1 amide bonds. The number of amides is 1. The van der Waals surface area contributed by atoms with E-state index in [4.69, 9.17) is 0 Å². The Morgan fingerprint density at radius 3 is 2.32 bits per heavy atom. The van der Waals surface area contributed by atoms with Crippen LogP contribution in [0.25, 0.3) is 0 Å². The van der Waals surface area contributed by atoms with Gasteiger partial charge in [-0.25, -0.2) is 0 Å². The molecular formula is C16H22N2O. The largest absolute Gasteiger partial charge is 0.356 e. The van der Waals surface area contributed by atoms with Gasteiger partial charge in [-0.05, 0) is 23.5 Å². The van der Waals surface area contributed by atoms with Gasteiger partial charge in [0.15, 0.2) is 0 Å². The Labute approximate surface area is 115 Å². The predicted octanol–water partition coefficient (Wildman–Crippen LogP) is 3.33. The van der Waals surface area contributed by atoms with Crippen LogP contribution in [0.3, 0.4) is 0 Å². The molecule has 0 bridgehead atoms. The average Bonchev–Trinajstić information content (AvgIpc) is 2.42. The third-order valence-corrected chi connectivity index (χ3v) is 3.12. The van der Waals surface area contributed by atoms with Gasteiger partial charge in [-0.1, -0.05) is 45.0 Å². The Bertz CT molecular complexity index is 443. The number of carbonyl (C=O) groups excluding carboxylic acids is 1. The van der Waals surface area contributed by atoms with Crippen LogP contribution in [-0.4, -0.2) is 12.5 Å². The highest BCUT2D eigenvalue weighted by atomic mass is 16.1. The van der Waals surface area contributed by atoms with Crippen molar-refractivity contribution in [3.8, 4) is 6.07 Å². The van der Waals surface area contributed by atoms with Crippen molar-refractivity contribution < 1.29 is 4.79 Å². The van der Waals surface area contributed by atoms with Crippen molar-refractivity contribution in [1.29, 1.82) is 5.26 Å². The topological polar surface area (TPSA) is 52.9 Å². The van der Waals surface area contributed by atoms with Crippen molar-refractivity contribution in [2.24, 2.45) is 0 Å². The average molecular weight is 258 g/mol. The number of nitrogens with zero attached hydrogens (tertiary/aromatic N) is 1. The second-order valence-electron chi connectivity index (χ2n) is 5.06. The first-order valence-electron chi connectivity index (χ1n) is 6.84. The first kappa shape index (κ1) is 15.2. The minimum absolute atomic E-state index is 0.0543. The number of hydrogen-bond acceptors (Lipinski definition) is 2. The second-order valence-corrected chi connectivity index (χ2v) is 5.06. The normalized spacial score (nSPS) is 11.9. The number of nitriles is 1. The molecule has 1 unspecified atom stereocenters. The smallest absolute Gasteiger partial charge is 0.221 e. The van der Waals surface area contributed by atoms with Crippen molar-refractivity contribution in [1.82, 2.24) is 5.32 Å². The molecule has 0 fully saturated rings. The zero-order valence-electron chi connectivity index (χ0n) is 11.9. The fraction of sp³-hybridized carbons (Fsp3) is 0.500. The summed E-state index contributed by atoms with van der Waals surface area (Å²) in [4.78, 5) is 11.7. The van der Waals surface area contributed by atoms with Crippen LogP contribution in [0.5, 0.6) is 0 Å². The maximum atomic E-state index is 11.7. The monoisotopic (exact) mass is 258 g/mol. The van der Waals surface area contributed by atoms with E-state index in [0.717, 1.165) is 12.0 Å². The number of hydrogen-bond donors (Lipinski definition) is 1. The molecule has 0 aliphatic rings. The number of nitrogens with one attached hydrogen (secondary N) is 1. The molecule has 0 radical (unpaired) electrons. The van der Waals surface area contributed by atoms with Gasteiger partial charge in [-0.2, -0.15) is 5.26 Å². The zero-order chi connectivity index (χ0) is 14.3. The highest BCUT2D eigenvalue weighted by Crippen LogP contribution is 2.22. The Kier molecular flexibility index (Phi) is 6.08. The lowest BCUT2D eigenvalue weighted by Crippen LogP contribution is -2.25. The van der Waals surface area contributed by atoms with Crippen LogP contribution in [0.15, 0.2) is 24.3 Å². The van der Waals surface area contributed by atoms with Crippen LogP contribution in [0, 0.1) is 11.3 Å². The van der Waals surface area contributed by atoms with E-state index in [-0.39, 0.29) is 18.2 Å². The molecule has 0 aromatic heterocycles. The summed E-state index contributed by atoms with van der Waals surface area (Å²) in [5, 5.41) is 12.0. The van der Waals surface area contributed by atoms with Crippen molar-refractivity contribution in [2.75, 3.05) is 6.54 Å². The Balaban J connectivity index is 2.70. The van der Waals surface area contributed by atoms with Gasteiger partial charge in [0.1, 0.15) is 0 Å². The minimum Gasteiger partial charge on any atom is -0.356 e. The van der Waals surface area contributed by atoms with Crippen molar-refractivity contribution >= 4 is 5.91 Å². The molecule has 0 heterocycles. The fourth-order valence-corrected chi connectivity index (χ4v) is 1.87. The van der Waals surface area contributed by atoms with Crippen molar-refractivity contribution in [3.05, 3.63) is 35.4 Å². The summed E-state index contributed by atoms with van der Waals surface area (Å²) in [5.41, 5.74) is 2.16. The molecular weight excluding hydrogens is 236 g/mol. The SMILES string of the molecule is CCCNC(=O)CC(C#N)c1ccc(C(C)C)cc1. The van der Waals surface area contributed by atoms with Crippen LogP contribution in [0.1, 0.15) is 56.6 Å². The molecule has 1 N–H and O–H groups in total. The molecule has 3 nitrogen and oxygen atoms in total. The van der Waals surface area contributed by atoms with Crippen LogP contribution in [0.2, 0.25) is 0 Å². The Hall–Kier alpha value is -1.82. The first-order chi connectivity index (χ1) is 9.08. The fourth-order valence-electron chi connectivity index (χ4n) is 1.87. The zero-order valence-corrected chi connectivity index (χ0v) is 11.9. The molecule has 0 aliphatic heterocycles.